The van der Waals surface area contributed by atoms with E-state index < -0.39 is 17.6 Å². The van der Waals surface area contributed by atoms with Crippen LogP contribution in [0.4, 0.5) is 13.2 Å². The molecule has 1 N–H and O–H groups in total. The van der Waals surface area contributed by atoms with Gasteiger partial charge in [0.25, 0.3) is 11.8 Å². The highest BCUT2D eigenvalue weighted by molar-refractivity contribution is 7.21. The molecule has 2 aromatic carbocycles. The molecule has 5 rings (SSSR count). The standard InChI is InChI=1S/C24H21ClF3N3O2S/c25-15-6-7-18-19(10-15)34-21(20(18)24(26,27)28)23(33)31-12-17(13-31)29-16-8-9-30(11-16)22(32)14-4-2-1-3-5-14/h1-7,10,16-17,29H,8-9,11-13H2. The number of fused-ring (bicyclic) bond motifs is 1. The average molecular weight is 508 g/mol. The lowest BCUT2D eigenvalue weighted by Crippen LogP contribution is -2.62. The van der Waals surface area contributed by atoms with E-state index in [-0.39, 0.29) is 28.3 Å². The second-order valence-electron chi connectivity index (χ2n) is 8.62. The van der Waals surface area contributed by atoms with E-state index in [0.29, 0.717) is 41.5 Å². The van der Waals surface area contributed by atoms with Crippen molar-refractivity contribution in [2.24, 2.45) is 0 Å². The van der Waals surface area contributed by atoms with Gasteiger partial charge in [0.15, 0.2) is 0 Å². The predicted octanol–water partition coefficient (Wildman–Crippen LogP) is 4.90. The van der Waals surface area contributed by atoms with Gasteiger partial charge in [-0.1, -0.05) is 35.9 Å². The zero-order valence-electron chi connectivity index (χ0n) is 17.9. The van der Waals surface area contributed by atoms with E-state index in [1.165, 1.54) is 23.1 Å². The zero-order valence-corrected chi connectivity index (χ0v) is 19.5. The number of carbonyl (C=O) groups excluding carboxylic acids is 2. The van der Waals surface area contributed by atoms with Crippen molar-refractivity contribution in [1.29, 1.82) is 0 Å². The van der Waals surface area contributed by atoms with Gasteiger partial charge in [-0.15, -0.1) is 11.3 Å². The Kier molecular flexibility index (Phi) is 6.03. The van der Waals surface area contributed by atoms with Crippen LogP contribution in [-0.4, -0.2) is 59.9 Å². The Morgan fingerprint density at radius 1 is 0.971 bits per heavy atom. The first-order chi connectivity index (χ1) is 16.2. The molecule has 2 amide bonds. The lowest BCUT2D eigenvalue weighted by molar-refractivity contribution is -0.136. The molecule has 3 heterocycles. The third kappa shape index (κ3) is 4.39. The van der Waals surface area contributed by atoms with Crippen LogP contribution in [0.5, 0.6) is 0 Å². The summed E-state index contributed by atoms with van der Waals surface area (Å²) in [4.78, 5) is 28.5. The van der Waals surface area contributed by atoms with Crippen molar-refractivity contribution >= 4 is 44.8 Å². The van der Waals surface area contributed by atoms with Gasteiger partial charge >= 0.3 is 6.18 Å². The fourth-order valence-electron chi connectivity index (χ4n) is 4.57. The minimum atomic E-state index is -4.64. The van der Waals surface area contributed by atoms with Gasteiger partial charge in [-0.3, -0.25) is 9.59 Å². The largest absolute Gasteiger partial charge is 0.418 e. The molecule has 0 bridgehead atoms. The molecule has 1 aromatic heterocycles. The number of likely N-dealkylation sites (tertiary alicyclic amines) is 2. The van der Waals surface area contributed by atoms with Gasteiger partial charge < -0.3 is 15.1 Å². The smallest absolute Gasteiger partial charge is 0.337 e. The summed E-state index contributed by atoms with van der Waals surface area (Å²) in [5, 5.41) is 3.76. The Balaban J connectivity index is 1.21. The number of thiophene rings is 1. The maximum absolute atomic E-state index is 13.8. The Morgan fingerprint density at radius 3 is 2.38 bits per heavy atom. The summed E-state index contributed by atoms with van der Waals surface area (Å²) in [6, 6.07) is 13.3. The molecule has 0 spiro atoms. The summed E-state index contributed by atoms with van der Waals surface area (Å²) >= 11 is 6.76. The summed E-state index contributed by atoms with van der Waals surface area (Å²) in [5.74, 6) is -0.630. The maximum Gasteiger partial charge on any atom is 0.418 e. The number of nitrogens with zero attached hydrogens (tertiary/aromatic N) is 2. The summed E-state index contributed by atoms with van der Waals surface area (Å²) in [6.07, 6.45) is -3.85. The fraction of sp³-hybridized carbons (Fsp3) is 0.333. The normalized spacial score (nSPS) is 19.0. The van der Waals surface area contributed by atoms with Gasteiger partial charge in [0, 0.05) is 58.9 Å². The van der Waals surface area contributed by atoms with E-state index in [9.17, 15) is 22.8 Å². The number of amides is 2. The molecule has 2 aliphatic rings. The molecule has 0 radical (unpaired) electrons. The Hall–Kier alpha value is -2.62. The van der Waals surface area contributed by atoms with Crippen LogP contribution in [-0.2, 0) is 6.18 Å². The molecule has 2 aliphatic heterocycles. The number of benzene rings is 2. The number of carbonyl (C=O) groups is 2. The minimum Gasteiger partial charge on any atom is -0.337 e. The van der Waals surface area contributed by atoms with E-state index in [2.05, 4.69) is 5.32 Å². The van der Waals surface area contributed by atoms with Crippen LogP contribution in [0.3, 0.4) is 0 Å². The summed E-state index contributed by atoms with van der Waals surface area (Å²) < 4.78 is 41.7. The lowest BCUT2D eigenvalue weighted by atomic mass is 10.0. The van der Waals surface area contributed by atoms with Crippen LogP contribution in [0.1, 0.15) is 32.0 Å². The quantitative estimate of drug-likeness (QED) is 0.546. The van der Waals surface area contributed by atoms with Crippen LogP contribution >= 0.6 is 22.9 Å². The summed E-state index contributed by atoms with van der Waals surface area (Å²) in [7, 11) is 0. The number of alkyl halides is 3. The minimum absolute atomic E-state index is 0.00502. The Bertz CT molecular complexity index is 1240. The highest BCUT2D eigenvalue weighted by atomic mass is 35.5. The number of hydrogen-bond donors (Lipinski definition) is 1. The maximum atomic E-state index is 13.8. The molecule has 178 valence electrons. The molecular formula is C24H21ClF3N3O2S. The highest BCUT2D eigenvalue weighted by Gasteiger charge is 2.42. The zero-order chi connectivity index (χ0) is 24.0. The van der Waals surface area contributed by atoms with Crippen LogP contribution in [0.2, 0.25) is 5.02 Å². The van der Waals surface area contributed by atoms with Crippen LogP contribution < -0.4 is 5.32 Å². The van der Waals surface area contributed by atoms with E-state index >= 15 is 0 Å². The van der Waals surface area contributed by atoms with Gasteiger partial charge in [-0.25, -0.2) is 0 Å². The predicted molar refractivity (Wildman–Crippen MR) is 125 cm³/mol. The van der Waals surface area contributed by atoms with E-state index in [1.54, 1.807) is 17.0 Å². The highest BCUT2D eigenvalue weighted by Crippen LogP contribution is 2.43. The topological polar surface area (TPSA) is 52.7 Å². The molecular weight excluding hydrogens is 487 g/mol. The Labute approximate surface area is 203 Å². The molecule has 0 aliphatic carbocycles. The van der Waals surface area contributed by atoms with Crippen molar-refractivity contribution in [1.82, 2.24) is 15.1 Å². The van der Waals surface area contributed by atoms with Crippen molar-refractivity contribution in [3.63, 3.8) is 0 Å². The third-order valence-corrected chi connectivity index (χ3v) is 7.64. The Morgan fingerprint density at radius 2 is 1.68 bits per heavy atom. The molecule has 1 atom stereocenters. The second-order valence-corrected chi connectivity index (χ2v) is 10.1. The molecule has 0 saturated carbocycles. The third-order valence-electron chi connectivity index (χ3n) is 6.27. The van der Waals surface area contributed by atoms with Gasteiger partial charge in [0.1, 0.15) is 4.88 Å². The molecule has 34 heavy (non-hydrogen) atoms. The first kappa shape index (κ1) is 23.1. The van der Waals surface area contributed by atoms with Gasteiger partial charge in [-0.2, -0.15) is 13.2 Å². The van der Waals surface area contributed by atoms with Crippen LogP contribution in [0.15, 0.2) is 48.5 Å². The van der Waals surface area contributed by atoms with Crippen LogP contribution in [0.25, 0.3) is 10.1 Å². The van der Waals surface area contributed by atoms with Gasteiger partial charge in [-0.05, 0) is 30.7 Å². The molecule has 5 nitrogen and oxygen atoms in total. The number of hydrogen-bond acceptors (Lipinski definition) is 4. The van der Waals surface area contributed by atoms with Gasteiger partial charge in [0.2, 0.25) is 0 Å². The second kappa shape index (κ2) is 8.87. The summed E-state index contributed by atoms with van der Waals surface area (Å²) in [6.45, 7) is 1.86. The SMILES string of the molecule is O=C(c1ccccc1)N1CCC(NC2CN(C(=O)c3sc4cc(Cl)ccc4c3C(F)(F)F)C2)C1. The van der Waals surface area contributed by atoms with Crippen molar-refractivity contribution in [2.45, 2.75) is 24.7 Å². The van der Waals surface area contributed by atoms with E-state index in [1.807, 2.05) is 18.2 Å². The van der Waals surface area contributed by atoms with Crippen molar-refractivity contribution < 1.29 is 22.8 Å². The molecule has 3 aromatic rings. The number of rotatable bonds is 4. The van der Waals surface area contributed by atoms with Crippen molar-refractivity contribution in [2.75, 3.05) is 26.2 Å². The monoisotopic (exact) mass is 507 g/mol. The number of halogens is 4. The molecule has 2 fully saturated rings. The number of nitrogens with one attached hydrogen (secondary N) is 1. The first-order valence-electron chi connectivity index (χ1n) is 10.9. The molecule has 1 unspecified atom stereocenters. The van der Waals surface area contributed by atoms with E-state index in [0.717, 1.165) is 17.8 Å². The van der Waals surface area contributed by atoms with E-state index in [4.69, 9.17) is 11.6 Å². The van der Waals surface area contributed by atoms with Crippen LogP contribution in [0, 0.1) is 0 Å². The fourth-order valence-corrected chi connectivity index (χ4v) is 6.04. The molecule has 10 heteroatoms. The van der Waals surface area contributed by atoms with Crippen molar-refractivity contribution in [3.8, 4) is 0 Å². The van der Waals surface area contributed by atoms with Crippen molar-refractivity contribution in [3.05, 3.63) is 69.6 Å². The van der Waals surface area contributed by atoms with Gasteiger partial charge in [0.05, 0.1) is 5.56 Å². The first-order valence-corrected chi connectivity index (χ1v) is 12.1. The average Bonchev–Trinajstić information content (AvgIpc) is 3.39. The summed E-state index contributed by atoms with van der Waals surface area (Å²) in [5.41, 5.74) is -0.245. The lowest BCUT2D eigenvalue weighted by Gasteiger charge is -2.41. The molecule has 2 saturated heterocycles.